The SMILES string of the molecule is C#Cc1nc2ccccn2c1C. The van der Waals surface area contributed by atoms with Crippen molar-refractivity contribution in [3.63, 3.8) is 0 Å². The van der Waals surface area contributed by atoms with Crippen LogP contribution < -0.4 is 0 Å². The Morgan fingerprint density at radius 2 is 2.33 bits per heavy atom. The molecule has 0 aliphatic heterocycles. The first kappa shape index (κ1) is 6.93. The summed E-state index contributed by atoms with van der Waals surface area (Å²) in [5.41, 5.74) is 2.65. The highest BCUT2D eigenvalue weighted by atomic mass is 15.0. The number of aryl methyl sites for hydroxylation is 1. The third-order valence-corrected chi connectivity index (χ3v) is 1.91. The molecule has 12 heavy (non-hydrogen) atoms. The van der Waals surface area contributed by atoms with Crippen molar-refractivity contribution in [1.82, 2.24) is 9.38 Å². The summed E-state index contributed by atoms with van der Waals surface area (Å²) in [6.07, 6.45) is 7.25. The van der Waals surface area contributed by atoms with Crippen molar-refractivity contribution in [1.29, 1.82) is 0 Å². The molecule has 2 heterocycles. The Labute approximate surface area is 70.9 Å². The predicted octanol–water partition coefficient (Wildman–Crippen LogP) is 1.62. The maximum absolute atomic E-state index is 5.29. The zero-order valence-corrected chi connectivity index (χ0v) is 6.78. The van der Waals surface area contributed by atoms with Crippen molar-refractivity contribution in [3.05, 3.63) is 35.8 Å². The molecule has 0 atom stereocenters. The molecule has 2 aromatic rings. The fourth-order valence-electron chi connectivity index (χ4n) is 1.26. The van der Waals surface area contributed by atoms with Gasteiger partial charge < -0.3 is 4.40 Å². The molecule has 0 fully saturated rings. The van der Waals surface area contributed by atoms with Crippen molar-refractivity contribution in [2.45, 2.75) is 6.92 Å². The molecular weight excluding hydrogens is 148 g/mol. The number of aromatic nitrogens is 2. The van der Waals surface area contributed by atoms with E-state index in [0.29, 0.717) is 0 Å². The normalized spacial score (nSPS) is 10.0. The van der Waals surface area contributed by atoms with E-state index in [-0.39, 0.29) is 0 Å². The lowest BCUT2D eigenvalue weighted by molar-refractivity contribution is 1.11. The van der Waals surface area contributed by atoms with E-state index >= 15 is 0 Å². The van der Waals surface area contributed by atoms with Gasteiger partial charge in [0.25, 0.3) is 0 Å². The van der Waals surface area contributed by atoms with Crippen molar-refractivity contribution in [2.75, 3.05) is 0 Å². The van der Waals surface area contributed by atoms with Crippen LogP contribution in [-0.4, -0.2) is 9.38 Å². The molecule has 0 aromatic carbocycles. The van der Waals surface area contributed by atoms with E-state index in [2.05, 4.69) is 10.9 Å². The van der Waals surface area contributed by atoms with Crippen molar-refractivity contribution in [3.8, 4) is 12.3 Å². The van der Waals surface area contributed by atoms with Crippen LogP contribution in [0.25, 0.3) is 5.65 Å². The van der Waals surface area contributed by atoms with Crippen LogP contribution in [0.4, 0.5) is 0 Å². The average molecular weight is 156 g/mol. The molecule has 2 nitrogen and oxygen atoms in total. The van der Waals surface area contributed by atoms with Crippen LogP contribution in [0.1, 0.15) is 11.4 Å². The minimum atomic E-state index is 0.723. The third kappa shape index (κ3) is 0.802. The minimum Gasteiger partial charge on any atom is -0.303 e. The van der Waals surface area contributed by atoms with Gasteiger partial charge >= 0.3 is 0 Å². The summed E-state index contributed by atoms with van der Waals surface area (Å²) in [5, 5.41) is 0. The summed E-state index contributed by atoms with van der Waals surface area (Å²) in [6, 6.07) is 5.85. The number of imidazole rings is 1. The lowest BCUT2D eigenvalue weighted by Gasteiger charge is -1.92. The van der Waals surface area contributed by atoms with Gasteiger partial charge in [-0.25, -0.2) is 4.98 Å². The van der Waals surface area contributed by atoms with Gasteiger partial charge in [-0.05, 0) is 25.0 Å². The molecule has 0 N–H and O–H groups in total. The standard InChI is InChI=1S/C10H8N2/c1-3-9-8(2)12-7-5-4-6-10(12)11-9/h1,4-7H,2H3. The topological polar surface area (TPSA) is 17.3 Å². The van der Waals surface area contributed by atoms with Gasteiger partial charge in [-0.1, -0.05) is 6.07 Å². The molecule has 0 saturated carbocycles. The van der Waals surface area contributed by atoms with Gasteiger partial charge in [0, 0.05) is 6.20 Å². The molecule has 0 spiro atoms. The highest BCUT2D eigenvalue weighted by Crippen LogP contribution is 2.09. The predicted molar refractivity (Wildman–Crippen MR) is 47.9 cm³/mol. The summed E-state index contributed by atoms with van der Waals surface area (Å²) in [5.74, 6) is 2.55. The number of hydrogen-bond acceptors (Lipinski definition) is 1. The smallest absolute Gasteiger partial charge is 0.138 e. The third-order valence-electron chi connectivity index (χ3n) is 1.91. The van der Waals surface area contributed by atoms with Gasteiger partial charge in [-0.2, -0.15) is 0 Å². The molecule has 0 bridgehead atoms. The molecule has 0 saturated heterocycles. The van der Waals surface area contributed by atoms with Crippen molar-refractivity contribution >= 4 is 5.65 Å². The average Bonchev–Trinajstić information content (AvgIpc) is 2.44. The lowest BCUT2D eigenvalue weighted by Crippen LogP contribution is -1.85. The second-order valence-electron chi connectivity index (χ2n) is 2.62. The summed E-state index contributed by atoms with van der Waals surface area (Å²) < 4.78 is 1.98. The monoisotopic (exact) mass is 156 g/mol. The van der Waals surface area contributed by atoms with Crippen LogP contribution in [0.2, 0.25) is 0 Å². The first-order valence-electron chi connectivity index (χ1n) is 3.73. The number of nitrogens with zero attached hydrogens (tertiary/aromatic N) is 2. The van der Waals surface area contributed by atoms with Crippen LogP contribution in [0.5, 0.6) is 0 Å². The molecule has 58 valence electrons. The largest absolute Gasteiger partial charge is 0.303 e. The number of fused-ring (bicyclic) bond motifs is 1. The van der Waals surface area contributed by atoms with Crippen LogP contribution >= 0.6 is 0 Å². The maximum Gasteiger partial charge on any atom is 0.138 e. The number of hydrogen-bond donors (Lipinski definition) is 0. The first-order valence-corrected chi connectivity index (χ1v) is 3.73. The Hall–Kier alpha value is -1.75. The second kappa shape index (κ2) is 2.38. The van der Waals surface area contributed by atoms with Crippen LogP contribution in [0, 0.1) is 19.3 Å². The number of rotatable bonds is 0. The van der Waals surface area contributed by atoms with Gasteiger partial charge in [-0.3, -0.25) is 0 Å². The zero-order valence-electron chi connectivity index (χ0n) is 6.78. The number of terminal acetylenes is 1. The Kier molecular flexibility index (Phi) is 1.38. The Balaban J connectivity index is 2.90. The van der Waals surface area contributed by atoms with Crippen LogP contribution in [0.15, 0.2) is 24.4 Å². The molecule has 0 aliphatic rings. The van der Waals surface area contributed by atoms with Crippen LogP contribution in [-0.2, 0) is 0 Å². The molecule has 2 rings (SSSR count). The van der Waals surface area contributed by atoms with E-state index in [0.717, 1.165) is 17.0 Å². The summed E-state index contributed by atoms with van der Waals surface area (Å²) in [7, 11) is 0. The molecule has 0 aliphatic carbocycles. The fraction of sp³-hybridized carbons (Fsp3) is 0.100. The molecule has 0 amide bonds. The Morgan fingerprint density at radius 3 is 3.00 bits per heavy atom. The Morgan fingerprint density at radius 1 is 1.50 bits per heavy atom. The second-order valence-corrected chi connectivity index (χ2v) is 2.62. The van der Waals surface area contributed by atoms with Crippen LogP contribution in [0.3, 0.4) is 0 Å². The van der Waals surface area contributed by atoms with Crippen molar-refractivity contribution < 1.29 is 0 Å². The molecule has 0 radical (unpaired) electrons. The molecule has 2 heteroatoms. The van der Waals surface area contributed by atoms with E-state index in [9.17, 15) is 0 Å². The first-order chi connectivity index (χ1) is 5.83. The van der Waals surface area contributed by atoms with E-state index in [1.165, 1.54) is 0 Å². The summed E-state index contributed by atoms with van der Waals surface area (Å²) in [4.78, 5) is 4.26. The maximum atomic E-state index is 5.29. The van der Waals surface area contributed by atoms with E-state index in [4.69, 9.17) is 6.42 Å². The minimum absolute atomic E-state index is 0.723. The van der Waals surface area contributed by atoms with Crippen molar-refractivity contribution in [2.24, 2.45) is 0 Å². The Bertz CT molecular complexity index is 460. The van der Waals surface area contributed by atoms with E-state index in [1.807, 2.05) is 35.7 Å². The van der Waals surface area contributed by atoms with Gasteiger partial charge in [0.15, 0.2) is 0 Å². The fourth-order valence-corrected chi connectivity index (χ4v) is 1.26. The lowest BCUT2D eigenvalue weighted by atomic mass is 10.3. The van der Waals surface area contributed by atoms with E-state index in [1.54, 1.807) is 0 Å². The number of pyridine rings is 1. The summed E-state index contributed by atoms with van der Waals surface area (Å²) >= 11 is 0. The highest BCUT2D eigenvalue weighted by molar-refractivity contribution is 5.46. The molecule has 2 aromatic heterocycles. The highest BCUT2D eigenvalue weighted by Gasteiger charge is 2.03. The van der Waals surface area contributed by atoms with E-state index < -0.39 is 0 Å². The quantitative estimate of drug-likeness (QED) is 0.530. The van der Waals surface area contributed by atoms with Gasteiger partial charge in [0.1, 0.15) is 11.3 Å². The van der Waals surface area contributed by atoms with Gasteiger partial charge in [0.2, 0.25) is 0 Å². The van der Waals surface area contributed by atoms with Gasteiger partial charge in [-0.15, -0.1) is 6.42 Å². The molecular formula is C10H8N2. The summed E-state index contributed by atoms with van der Waals surface area (Å²) in [6.45, 7) is 1.97. The molecule has 0 unspecified atom stereocenters. The van der Waals surface area contributed by atoms with Gasteiger partial charge in [0.05, 0.1) is 5.69 Å². The zero-order chi connectivity index (χ0) is 8.55.